The van der Waals surface area contributed by atoms with E-state index in [2.05, 4.69) is 11.2 Å². The highest BCUT2D eigenvalue weighted by atomic mass is 19.1. The van der Waals surface area contributed by atoms with Crippen molar-refractivity contribution < 1.29 is 4.39 Å². The summed E-state index contributed by atoms with van der Waals surface area (Å²) in [5.41, 5.74) is 0.988. The zero-order valence-corrected chi connectivity index (χ0v) is 8.96. The van der Waals surface area contributed by atoms with Crippen molar-refractivity contribution in [3.8, 4) is 18.4 Å². The van der Waals surface area contributed by atoms with Gasteiger partial charge in [0, 0.05) is 18.5 Å². The van der Waals surface area contributed by atoms with Gasteiger partial charge in [0.2, 0.25) is 0 Å². The molecule has 0 radical (unpaired) electrons. The zero-order chi connectivity index (χ0) is 11.8. The van der Waals surface area contributed by atoms with Crippen LogP contribution >= 0.6 is 0 Å². The Kier molecular flexibility index (Phi) is 5.05. The molecule has 1 aromatic rings. The van der Waals surface area contributed by atoms with E-state index in [0.29, 0.717) is 24.1 Å². The molecule has 0 saturated carbocycles. The fourth-order valence-corrected chi connectivity index (χ4v) is 1.32. The lowest BCUT2D eigenvalue weighted by Crippen LogP contribution is -2.15. The molecule has 1 aromatic carbocycles. The lowest BCUT2D eigenvalue weighted by molar-refractivity contribution is 0.583. The summed E-state index contributed by atoms with van der Waals surface area (Å²) in [4.78, 5) is 0. The largest absolute Gasteiger partial charge is 0.313 e. The van der Waals surface area contributed by atoms with Gasteiger partial charge in [-0.3, -0.25) is 0 Å². The van der Waals surface area contributed by atoms with E-state index in [1.165, 1.54) is 12.1 Å². The van der Waals surface area contributed by atoms with E-state index in [0.717, 1.165) is 13.0 Å². The summed E-state index contributed by atoms with van der Waals surface area (Å²) in [7, 11) is 0. The summed E-state index contributed by atoms with van der Waals surface area (Å²) >= 11 is 0. The highest BCUT2D eigenvalue weighted by Crippen LogP contribution is 2.09. The van der Waals surface area contributed by atoms with Crippen LogP contribution in [-0.4, -0.2) is 6.54 Å². The Bertz CT molecular complexity index is 427. The number of hydrogen-bond acceptors (Lipinski definition) is 2. The van der Waals surface area contributed by atoms with Crippen LogP contribution in [0, 0.1) is 29.5 Å². The first-order chi connectivity index (χ1) is 7.77. The van der Waals surface area contributed by atoms with E-state index in [4.69, 9.17) is 11.7 Å². The third-order valence-corrected chi connectivity index (χ3v) is 2.16. The second-order valence-corrected chi connectivity index (χ2v) is 3.40. The molecule has 0 fully saturated rings. The van der Waals surface area contributed by atoms with Crippen molar-refractivity contribution in [2.75, 3.05) is 6.54 Å². The Morgan fingerprint density at radius 2 is 2.25 bits per heavy atom. The van der Waals surface area contributed by atoms with Crippen molar-refractivity contribution >= 4 is 0 Å². The smallest absolute Gasteiger partial charge is 0.127 e. The van der Waals surface area contributed by atoms with Gasteiger partial charge in [-0.05, 0) is 31.2 Å². The first-order valence-corrected chi connectivity index (χ1v) is 5.10. The minimum Gasteiger partial charge on any atom is -0.313 e. The van der Waals surface area contributed by atoms with Gasteiger partial charge in [-0.2, -0.15) is 5.26 Å². The molecule has 0 bridgehead atoms. The summed E-state index contributed by atoms with van der Waals surface area (Å²) < 4.78 is 13.3. The molecule has 0 unspecified atom stereocenters. The van der Waals surface area contributed by atoms with Crippen LogP contribution < -0.4 is 5.32 Å². The van der Waals surface area contributed by atoms with Crippen LogP contribution in [0.1, 0.15) is 24.0 Å². The summed E-state index contributed by atoms with van der Waals surface area (Å²) in [6.45, 7) is 1.17. The van der Waals surface area contributed by atoms with Crippen molar-refractivity contribution in [2.45, 2.75) is 19.4 Å². The summed E-state index contributed by atoms with van der Waals surface area (Å²) in [6, 6.07) is 6.33. The van der Waals surface area contributed by atoms with E-state index in [1.807, 2.05) is 6.07 Å². The molecule has 16 heavy (non-hydrogen) atoms. The molecule has 0 aliphatic rings. The molecule has 0 spiro atoms. The van der Waals surface area contributed by atoms with Gasteiger partial charge in [0.25, 0.3) is 0 Å². The van der Waals surface area contributed by atoms with Crippen LogP contribution in [0.2, 0.25) is 0 Å². The molecule has 0 aliphatic carbocycles. The number of halogens is 1. The summed E-state index contributed by atoms with van der Waals surface area (Å²) in [5.74, 6) is 2.25. The van der Waals surface area contributed by atoms with Gasteiger partial charge < -0.3 is 5.32 Å². The molecule has 0 aliphatic heterocycles. The van der Waals surface area contributed by atoms with E-state index < -0.39 is 0 Å². The minimum absolute atomic E-state index is 0.288. The molecule has 1 rings (SSSR count). The number of nitriles is 1. The fraction of sp³-hybridized carbons (Fsp3) is 0.308. The van der Waals surface area contributed by atoms with Crippen molar-refractivity contribution in [1.29, 1.82) is 5.26 Å². The number of benzene rings is 1. The molecule has 82 valence electrons. The third-order valence-electron chi connectivity index (χ3n) is 2.16. The Hall–Kier alpha value is -1.84. The number of nitrogens with one attached hydrogen (secondary N) is 1. The molecular formula is C13H13FN2. The molecule has 0 atom stereocenters. The quantitative estimate of drug-likeness (QED) is 0.605. The van der Waals surface area contributed by atoms with Crippen LogP contribution in [0.3, 0.4) is 0 Å². The maximum Gasteiger partial charge on any atom is 0.127 e. The standard InChI is InChI=1S/C13H13FN2/c1-2-3-4-7-16-10-12-8-11(9-15)5-6-13(12)14/h1,5-6,8,16H,3-4,7,10H2. The van der Waals surface area contributed by atoms with Gasteiger partial charge in [-0.25, -0.2) is 4.39 Å². The van der Waals surface area contributed by atoms with Crippen molar-refractivity contribution in [2.24, 2.45) is 0 Å². The number of terminal acetylenes is 1. The first kappa shape index (κ1) is 12.2. The lowest BCUT2D eigenvalue weighted by atomic mass is 10.1. The Morgan fingerprint density at radius 1 is 1.44 bits per heavy atom. The predicted octanol–water partition coefficient (Wildman–Crippen LogP) is 2.20. The molecule has 0 heterocycles. The molecule has 0 amide bonds. The Labute approximate surface area is 95.1 Å². The monoisotopic (exact) mass is 216 g/mol. The average Bonchev–Trinajstić information content (AvgIpc) is 2.31. The van der Waals surface area contributed by atoms with Crippen molar-refractivity contribution in [1.82, 2.24) is 5.32 Å². The van der Waals surface area contributed by atoms with Crippen LogP contribution in [-0.2, 0) is 6.54 Å². The van der Waals surface area contributed by atoms with Gasteiger partial charge in [0.15, 0.2) is 0 Å². The fourth-order valence-electron chi connectivity index (χ4n) is 1.32. The number of nitrogens with zero attached hydrogens (tertiary/aromatic N) is 1. The predicted molar refractivity (Wildman–Crippen MR) is 60.9 cm³/mol. The number of rotatable bonds is 5. The second-order valence-electron chi connectivity index (χ2n) is 3.40. The normalized spacial score (nSPS) is 9.44. The van der Waals surface area contributed by atoms with Crippen LogP contribution in [0.4, 0.5) is 4.39 Å². The van der Waals surface area contributed by atoms with E-state index in [-0.39, 0.29) is 5.82 Å². The van der Waals surface area contributed by atoms with Crippen LogP contribution in [0.5, 0.6) is 0 Å². The first-order valence-electron chi connectivity index (χ1n) is 5.10. The van der Waals surface area contributed by atoms with Crippen molar-refractivity contribution in [3.05, 3.63) is 35.1 Å². The van der Waals surface area contributed by atoms with Crippen LogP contribution in [0.15, 0.2) is 18.2 Å². The minimum atomic E-state index is -0.288. The highest BCUT2D eigenvalue weighted by Gasteiger charge is 2.02. The Balaban J connectivity index is 2.48. The topological polar surface area (TPSA) is 35.8 Å². The van der Waals surface area contributed by atoms with Gasteiger partial charge in [0.1, 0.15) is 5.82 Å². The Morgan fingerprint density at radius 3 is 2.94 bits per heavy atom. The lowest BCUT2D eigenvalue weighted by Gasteiger charge is -2.05. The van der Waals surface area contributed by atoms with Gasteiger partial charge in [-0.1, -0.05) is 0 Å². The van der Waals surface area contributed by atoms with Gasteiger partial charge in [0.05, 0.1) is 11.6 Å². The highest BCUT2D eigenvalue weighted by molar-refractivity contribution is 5.33. The van der Waals surface area contributed by atoms with E-state index in [1.54, 1.807) is 6.07 Å². The number of hydrogen-bond donors (Lipinski definition) is 1. The molecular weight excluding hydrogens is 203 g/mol. The summed E-state index contributed by atoms with van der Waals surface area (Å²) in [5, 5.41) is 11.8. The maximum absolute atomic E-state index is 13.3. The molecule has 2 nitrogen and oxygen atoms in total. The average molecular weight is 216 g/mol. The second kappa shape index (κ2) is 6.61. The van der Waals surface area contributed by atoms with E-state index in [9.17, 15) is 4.39 Å². The van der Waals surface area contributed by atoms with Gasteiger partial charge >= 0.3 is 0 Å². The third kappa shape index (κ3) is 3.73. The number of unbranched alkanes of at least 4 members (excludes halogenated alkanes) is 1. The van der Waals surface area contributed by atoms with E-state index >= 15 is 0 Å². The zero-order valence-electron chi connectivity index (χ0n) is 8.96. The molecule has 3 heteroatoms. The maximum atomic E-state index is 13.3. The molecule has 0 saturated heterocycles. The van der Waals surface area contributed by atoms with Crippen molar-refractivity contribution in [3.63, 3.8) is 0 Å². The molecule has 0 aromatic heterocycles. The van der Waals surface area contributed by atoms with Crippen LogP contribution in [0.25, 0.3) is 0 Å². The van der Waals surface area contributed by atoms with Gasteiger partial charge in [-0.15, -0.1) is 12.3 Å². The SMILES string of the molecule is C#CCCCNCc1cc(C#N)ccc1F. The molecule has 1 N–H and O–H groups in total. The summed E-state index contributed by atoms with van der Waals surface area (Å²) in [6.07, 6.45) is 6.70.